The summed E-state index contributed by atoms with van der Waals surface area (Å²) in [6, 6.07) is 0. The Balaban J connectivity index is 2.27. The van der Waals surface area contributed by atoms with Crippen molar-refractivity contribution in [2.75, 3.05) is 6.54 Å². The van der Waals surface area contributed by atoms with Gasteiger partial charge < -0.3 is 10.0 Å². The zero-order valence-corrected chi connectivity index (χ0v) is 8.34. The topological polar surface area (TPSA) is 69.2 Å². The van der Waals surface area contributed by atoms with Crippen LogP contribution in [0.3, 0.4) is 0 Å². The van der Waals surface area contributed by atoms with Gasteiger partial charge in [-0.05, 0) is 15.9 Å². The molecule has 0 radical (unpaired) electrons. The van der Waals surface area contributed by atoms with E-state index in [1.165, 1.54) is 4.90 Å². The van der Waals surface area contributed by atoms with Gasteiger partial charge in [0.15, 0.2) is 0 Å². The van der Waals surface area contributed by atoms with E-state index in [0.29, 0.717) is 24.1 Å². The Bertz CT molecular complexity index is 350. The van der Waals surface area contributed by atoms with Crippen molar-refractivity contribution < 1.29 is 9.90 Å². The third kappa shape index (κ3) is 1.41. The molecule has 0 saturated heterocycles. The van der Waals surface area contributed by atoms with E-state index in [9.17, 15) is 4.79 Å². The second kappa shape index (κ2) is 3.02. The minimum absolute atomic E-state index is 0.418. The number of hydrogen-bond acceptors (Lipinski definition) is 2. The summed E-state index contributed by atoms with van der Waals surface area (Å²) in [5.41, 5.74) is 1.98. The zero-order chi connectivity index (χ0) is 9.42. The van der Waals surface area contributed by atoms with Crippen LogP contribution in [0.2, 0.25) is 0 Å². The van der Waals surface area contributed by atoms with Gasteiger partial charge in [0.05, 0.1) is 6.54 Å². The fraction of sp³-hybridized carbons (Fsp3) is 0.429. The average molecular weight is 246 g/mol. The van der Waals surface area contributed by atoms with Crippen molar-refractivity contribution in [2.45, 2.75) is 13.0 Å². The van der Waals surface area contributed by atoms with Crippen LogP contribution in [0.15, 0.2) is 4.60 Å². The fourth-order valence-electron chi connectivity index (χ4n) is 1.42. The Labute approximate surface area is 82.9 Å². The Morgan fingerprint density at radius 1 is 1.69 bits per heavy atom. The first-order chi connectivity index (χ1) is 6.18. The van der Waals surface area contributed by atoms with E-state index in [-0.39, 0.29) is 0 Å². The molecule has 6 heteroatoms. The minimum atomic E-state index is -0.876. The number of halogens is 1. The van der Waals surface area contributed by atoms with Gasteiger partial charge in [0.1, 0.15) is 4.60 Å². The summed E-state index contributed by atoms with van der Waals surface area (Å²) in [7, 11) is 0. The van der Waals surface area contributed by atoms with Gasteiger partial charge in [-0.2, -0.15) is 5.10 Å². The van der Waals surface area contributed by atoms with E-state index in [1.807, 2.05) is 0 Å². The predicted molar refractivity (Wildman–Crippen MR) is 48.4 cm³/mol. The van der Waals surface area contributed by atoms with Gasteiger partial charge in [-0.25, -0.2) is 4.79 Å². The summed E-state index contributed by atoms with van der Waals surface area (Å²) >= 11 is 3.27. The maximum atomic E-state index is 10.7. The second-order valence-corrected chi connectivity index (χ2v) is 3.68. The Morgan fingerprint density at radius 2 is 2.46 bits per heavy atom. The van der Waals surface area contributed by atoms with Crippen LogP contribution >= 0.6 is 15.9 Å². The van der Waals surface area contributed by atoms with E-state index in [2.05, 4.69) is 26.1 Å². The van der Waals surface area contributed by atoms with Crippen molar-refractivity contribution in [3.8, 4) is 0 Å². The van der Waals surface area contributed by atoms with Crippen LogP contribution < -0.4 is 0 Å². The summed E-state index contributed by atoms with van der Waals surface area (Å²) in [5, 5.41) is 15.6. The summed E-state index contributed by atoms with van der Waals surface area (Å²) in [6.07, 6.45) is -0.168. The second-order valence-electron chi connectivity index (χ2n) is 2.93. The lowest BCUT2D eigenvalue weighted by molar-refractivity contribution is 0.139. The van der Waals surface area contributed by atoms with E-state index in [4.69, 9.17) is 5.11 Å². The molecule has 0 spiro atoms. The highest BCUT2D eigenvalue weighted by Gasteiger charge is 2.23. The molecule has 0 atom stereocenters. The molecule has 2 N–H and O–H groups in total. The smallest absolute Gasteiger partial charge is 0.407 e. The summed E-state index contributed by atoms with van der Waals surface area (Å²) < 4.78 is 0.716. The molecule has 1 aliphatic rings. The number of fused-ring (bicyclic) bond motifs is 1. The first kappa shape index (κ1) is 8.55. The number of H-pyrrole nitrogens is 1. The zero-order valence-electron chi connectivity index (χ0n) is 6.75. The van der Waals surface area contributed by atoms with E-state index >= 15 is 0 Å². The molecule has 0 bridgehead atoms. The van der Waals surface area contributed by atoms with Crippen molar-refractivity contribution >= 4 is 22.0 Å². The quantitative estimate of drug-likeness (QED) is 0.722. The number of aromatic nitrogens is 2. The first-order valence-corrected chi connectivity index (χ1v) is 4.67. The highest BCUT2D eigenvalue weighted by Crippen LogP contribution is 2.23. The van der Waals surface area contributed by atoms with Crippen LogP contribution in [0.5, 0.6) is 0 Å². The lowest BCUT2D eigenvalue weighted by Gasteiger charge is -2.23. The van der Waals surface area contributed by atoms with Gasteiger partial charge in [-0.3, -0.25) is 5.10 Å². The third-order valence-electron chi connectivity index (χ3n) is 2.15. The number of carboxylic acid groups (broad SMARTS) is 1. The molecule has 0 saturated carbocycles. The van der Waals surface area contributed by atoms with Crippen LogP contribution in [0.4, 0.5) is 4.79 Å². The lowest BCUT2D eigenvalue weighted by Crippen LogP contribution is -2.34. The van der Waals surface area contributed by atoms with Crippen LogP contribution in [-0.2, 0) is 13.0 Å². The molecular formula is C7H8BrN3O2. The lowest BCUT2D eigenvalue weighted by atomic mass is 10.1. The van der Waals surface area contributed by atoms with E-state index < -0.39 is 6.09 Å². The van der Waals surface area contributed by atoms with E-state index in [1.54, 1.807) is 0 Å². The Kier molecular flexibility index (Phi) is 1.99. The molecule has 2 rings (SSSR count). The Morgan fingerprint density at radius 3 is 3.15 bits per heavy atom. The molecule has 2 heterocycles. The molecule has 5 nitrogen and oxygen atoms in total. The molecule has 0 aromatic carbocycles. The van der Waals surface area contributed by atoms with Crippen molar-refractivity contribution in [1.82, 2.24) is 15.1 Å². The van der Waals surface area contributed by atoms with Gasteiger partial charge in [0.25, 0.3) is 0 Å². The fourth-order valence-corrected chi connectivity index (χ4v) is 1.88. The summed E-state index contributed by atoms with van der Waals surface area (Å²) in [4.78, 5) is 12.1. The molecule has 0 aliphatic carbocycles. The third-order valence-corrected chi connectivity index (χ3v) is 2.81. The molecule has 70 valence electrons. The molecule has 1 aromatic heterocycles. The number of carbonyl (C=O) groups is 1. The predicted octanol–water partition coefficient (Wildman–Crippen LogP) is 1.21. The maximum Gasteiger partial charge on any atom is 0.407 e. The first-order valence-electron chi connectivity index (χ1n) is 3.88. The molecule has 1 amide bonds. The largest absolute Gasteiger partial charge is 0.465 e. The van der Waals surface area contributed by atoms with Crippen LogP contribution in [0, 0.1) is 0 Å². The SMILES string of the molecule is O=C(O)N1CCc2[nH]nc(Br)c2C1. The van der Waals surface area contributed by atoms with Gasteiger partial charge in [0, 0.05) is 24.2 Å². The summed E-state index contributed by atoms with van der Waals surface area (Å²) in [5.74, 6) is 0. The molecule has 1 aromatic rings. The number of nitrogens with one attached hydrogen (secondary N) is 1. The van der Waals surface area contributed by atoms with Gasteiger partial charge >= 0.3 is 6.09 Å². The van der Waals surface area contributed by atoms with Crippen molar-refractivity contribution in [1.29, 1.82) is 0 Å². The molecule has 0 fully saturated rings. The van der Waals surface area contributed by atoms with Crippen LogP contribution in [0.1, 0.15) is 11.3 Å². The molecule has 13 heavy (non-hydrogen) atoms. The minimum Gasteiger partial charge on any atom is -0.465 e. The maximum absolute atomic E-state index is 10.7. The van der Waals surface area contributed by atoms with Crippen molar-refractivity contribution in [3.05, 3.63) is 15.9 Å². The molecule has 1 aliphatic heterocycles. The Hall–Kier alpha value is -1.04. The van der Waals surface area contributed by atoms with Crippen molar-refractivity contribution in [2.24, 2.45) is 0 Å². The highest BCUT2D eigenvalue weighted by molar-refractivity contribution is 9.10. The van der Waals surface area contributed by atoms with E-state index in [0.717, 1.165) is 11.3 Å². The van der Waals surface area contributed by atoms with Crippen LogP contribution in [0.25, 0.3) is 0 Å². The average Bonchev–Trinajstić information content (AvgIpc) is 2.47. The number of nitrogens with zero attached hydrogens (tertiary/aromatic N) is 2. The standard InChI is InChI=1S/C7H8BrN3O2/c8-6-4-3-11(7(12)13)2-1-5(4)9-10-6/h1-3H2,(H,9,10)(H,12,13). The van der Waals surface area contributed by atoms with Gasteiger partial charge in [-0.1, -0.05) is 0 Å². The van der Waals surface area contributed by atoms with Crippen LogP contribution in [-0.4, -0.2) is 32.8 Å². The summed E-state index contributed by atoms with van der Waals surface area (Å²) in [6.45, 7) is 0.957. The molecular weight excluding hydrogens is 238 g/mol. The number of aromatic amines is 1. The van der Waals surface area contributed by atoms with Gasteiger partial charge in [-0.15, -0.1) is 0 Å². The highest BCUT2D eigenvalue weighted by atomic mass is 79.9. The normalized spacial score (nSPS) is 15.6. The van der Waals surface area contributed by atoms with Gasteiger partial charge in [0.2, 0.25) is 0 Å². The molecule has 0 unspecified atom stereocenters. The number of rotatable bonds is 0. The number of amides is 1. The number of hydrogen-bond donors (Lipinski definition) is 2. The van der Waals surface area contributed by atoms with Crippen molar-refractivity contribution in [3.63, 3.8) is 0 Å². The monoisotopic (exact) mass is 245 g/mol.